The van der Waals surface area contributed by atoms with E-state index < -0.39 is 177 Å². The van der Waals surface area contributed by atoms with Crippen molar-refractivity contribution in [1.29, 1.82) is 0 Å². The molecule has 0 aromatic rings. The van der Waals surface area contributed by atoms with Crippen LogP contribution in [0, 0.1) is 0 Å². The molecule has 16 N–H and O–H groups in total. The second-order valence-electron chi connectivity index (χ2n) is 12.7. The summed E-state index contributed by atoms with van der Waals surface area (Å²) in [5.41, 5.74) is 0. The van der Waals surface area contributed by atoms with E-state index in [-0.39, 0.29) is 443 Å². The Hall–Kier alpha value is 16.0. The van der Waals surface area contributed by atoms with E-state index in [9.17, 15) is 115 Å². The number of nitrogens with zero attached hydrogens (tertiary/aromatic N) is 6. The van der Waals surface area contributed by atoms with Gasteiger partial charge in [-0.25, -0.2) is 0 Å². The van der Waals surface area contributed by atoms with Crippen molar-refractivity contribution in [3.8, 4) is 0 Å². The summed E-state index contributed by atoms with van der Waals surface area (Å²) in [5, 5.41) is 0. The predicted octanol–water partition coefficient (Wildman–Crippen LogP) is -9.83. The van der Waals surface area contributed by atoms with Crippen LogP contribution in [-0.4, -0.2) is 667 Å². The third-order valence-corrected chi connectivity index (χ3v) is 12.9. The monoisotopic (exact) mass is 1330 g/mol. The molecule has 0 aromatic heterocycles. The number of hydrogen-bond acceptors (Lipinski definition) is 14. The van der Waals surface area contributed by atoms with Crippen LogP contribution in [0.4, 0.5) is 0 Å². The van der Waals surface area contributed by atoms with Gasteiger partial charge in [0.1, 0.15) is 50.3 Å². The smallest absolute Gasteiger partial charge is 0.324 e. The van der Waals surface area contributed by atoms with Crippen molar-refractivity contribution in [2.24, 2.45) is 0 Å². The second kappa shape index (κ2) is 62.1. The van der Waals surface area contributed by atoms with Gasteiger partial charge in [-0.2, -0.15) is 0 Å². The molecule has 0 amide bonds. The second-order valence-corrected chi connectivity index (χ2v) is 25.6. The van der Waals surface area contributed by atoms with Gasteiger partial charge in [-0.3, -0.25) is 65.9 Å². The van der Waals surface area contributed by atoms with Crippen LogP contribution in [0.3, 0.4) is 0 Å². The van der Waals surface area contributed by atoms with Crippen molar-refractivity contribution < 1.29 is 115 Å². The van der Waals surface area contributed by atoms with E-state index in [1.165, 1.54) is 0 Å². The Kier molecular flexibility index (Phi) is 112. The molecule has 0 rings (SSSR count). The molecule has 0 saturated heterocycles. The maximum Gasteiger partial charge on any atom is 0.339 e. The fraction of sp³-hybridized carbons (Fsp3) is 1.00. The minimum atomic E-state index is -4.92. The van der Waals surface area contributed by atoms with Crippen molar-refractivity contribution in [3.63, 3.8) is 0 Å². The Bertz CT molecular complexity index is 1480. The molecule has 71 heavy (non-hydrogen) atoms. The zero-order valence-electron chi connectivity index (χ0n) is 44.4. The van der Waals surface area contributed by atoms with Crippen LogP contribution in [0.5, 0.6) is 0 Å². The first-order valence-electron chi connectivity index (χ1n) is 15.4. The summed E-state index contributed by atoms with van der Waals surface area (Å²) >= 11 is 0. The minimum Gasteiger partial charge on any atom is -0.324 e. The first-order valence-corrected chi connectivity index (χ1v) is 29.8. The molecule has 53 heteroatoms. The molecule has 15 radical (unpaired) electrons. The van der Waals surface area contributed by atoms with Gasteiger partial charge in [-0.05, 0) is 0 Å². The van der Waals surface area contributed by atoms with Crippen molar-refractivity contribution >= 4 is 504 Å². The van der Waals surface area contributed by atoms with Crippen LogP contribution < -0.4 is 0 Å². The number of rotatable bonds is 31. The summed E-state index contributed by atoms with van der Waals surface area (Å²) in [6.45, 7) is -4.75. The van der Waals surface area contributed by atoms with Crippen molar-refractivity contribution in [2.45, 2.75) is 0 Å². The SMILES string of the molecule is O=P(O)(O)CN(CCN(CCN(CCN(CP(=O)(O)O)CP(=O)(O)O)CP(=O)(O)O)CP(=O)(O)O)CCN(CCN(CP(=O)(O)O)CP(=O)(O)O)CP(=O)(O)O.[Na].[Na].[Na].[Na].[Na].[Na].[Na].[Na].[Na].[Na].[Na].[Na].[Na].[Na].[Na]. The zero-order valence-corrected chi connectivity index (χ0v) is 81.6. The summed E-state index contributed by atoms with van der Waals surface area (Å²) in [4.78, 5) is 157. The van der Waals surface area contributed by atoms with E-state index >= 15 is 0 Å². The van der Waals surface area contributed by atoms with Gasteiger partial charge in [-0.1, -0.05) is 0 Å². The molecule has 0 spiro atoms. The van der Waals surface area contributed by atoms with Gasteiger partial charge in [0, 0.05) is 509 Å². The topological polar surface area (TPSA) is 480 Å². The Balaban J connectivity index is -0.000000144. The van der Waals surface area contributed by atoms with Crippen molar-refractivity contribution in [1.82, 2.24) is 29.4 Å². The van der Waals surface area contributed by atoms with E-state index in [4.69, 9.17) is 0 Å². The maximum atomic E-state index is 12.0. The molecule has 0 bridgehead atoms. The van der Waals surface area contributed by atoms with Gasteiger partial charge in [-0.15, -0.1) is 0 Å². The molecule has 0 aromatic carbocycles. The van der Waals surface area contributed by atoms with E-state index in [0.29, 0.717) is 9.80 Å². The molecule has 0 aliphatic heterocycles. The van der Waals surface area contributed by atoms with E-state index in [1.807, 2.05) is 0 Å². The van der Waals surface area contributed by atoms with Gasteiger partial charge < -0.3 is 78.3 Å². The minimum absolute atomic E-state index is 0. The summed E-state index contributed by atoms with van der Waals surface area (Å²) in [5.74, 6) is 0. The fourth-order valence-corrected chi connectivity index (χ4v) is 11.5. The van der Waals surface area contributed by atoms with Gasteiger partial charge >= 0.3 is 60.8 Å². The first-order chi connectivity index (χ1) is 24.7. The average Bonchev–Trinajstić information content (AvgIpc) is 2.87. The van der Waals surface area contributed by atoms with Crippen LogP contribution in [0.1, 0.15) is 0 Å². The molecule has 0 aliphatic carbocycles. The Morgan fingerprint density at radius 2 is 0.239 bits per heavy atom. The summed E-state index contributed by atoms with van der Waals surface area (Å²) in [7, 11) is -39.2. The zero-order chi connectivity index (χ0) is 44.2. The normalized spacial score (nSPS) is 11.6. The van der Waals surface area contributed by atoms with Crippen molar-refractivity contribution in [3.05, 3.63) is 0 Å². The van der Waals surface area contributed by atoms with Gasteiger partial charge in [0.15, 0.2) is 0 Å². The molecular formula is C18H52N6Na15O24P8. The summed E-state index contributed by atoms with van der Waals surface area (Å²) < 4.78 is 93.6. The van der Waals surface area contributed by atoms with Crippen LogP contribution in [0.25, 0.3) is 0 Å². The maximum absolute atomic E-state index is 12.0. The van der Waals surface area contributed by atoms with Crippen LogP contribution in [0.15, 0.2) is 0 Å². The van der Waals surface area contributed by atoms with Crippen LogP contribution >= 0.6 is 60.8 Å². The van der Waals surface area contributed by atoms with E-state index in [0.717, 1.165) is 19.6 Å². The standard InChI is InChI=1S/C18H52N6O24P8.15Na/c25-49(26,27)11-19(3-5-21(13-51(31,32)33)7-9-23(15-53(37,38)39)16-54(40,41)42)1-2-20(12-50(28,29)30)4-6-22(14-52(34,35)36)8-10-24(17-55(43,44)45)18-56(46,47)48;;;;;;;;;;;;;;;/h1-18H2,(H2,25,26,27)(H2,28,29,30)(H2,31,32,33)(H2,34,35,36)(H2,37,38,39)(H2,40,41,42)(H2,43,44,45)(H2,46,47,48);;;;;;;;;;;;;;;. The Morgan fingerprint density at radius 3 is 0.324 bits per heavy atom. The van der Waals surface area contributed by atoms with E-state index in [1.54, 1.807) is 0 Å². The quantitative estimate of drug-likeness (QED) is 0.0226. The largest absolute Gasteiger partial charge is 0.339 e. The third-order valence-electron chi connectivity index (χ3n) is 6.74. The molecule has 0 atom stereocenters. The predicted molar refractivity (Wildman–Crippen MR) is 281 cm³/mol. The van der Waals surface area contributed by atoms with Gasteiger partial charge in [0.25, 0.3) is 0 Å². The fourth-order valence-electron chi connectivity index (χ4n) is 4.88. The van der Waals surface area contributed by atoms with Gasteiger partial charge in [0.2, 0.25) is 0 Å². The Morgan fingerprint density at radius 1 is 0.169 bits per heavy atom. The van der Waals surface area contributed by atoms with Gasteiger partial charge in [0.05, 0.1) is 0 Å². The molecule has 30 nitrogen and oxygen atoms in total. The molecule has 0 fully saturated rings. The molecule has 0 saturated carbocycles. The molecule has 0 aliphatic rings. The van der Waals surface area contributed by atoms with E-state index in [2.05, 4.69) is 0 Å². The molecule has 0 unspecified atom stereocenters. The third kappa shape index (κ3) is 92.4. The summed E-state index contributed by atoms with van der Waals surface area (Å²) in [6, 6.07) is 0. The van der Waals surface area contributed by atoms with Crippen LogP contribution in [-0.2, 0) is 36.5 Å². The molecule has 353 valence electrons. The van der Waals surface area contributed by atoms with Crippen molar-refractivity contribution in [2.75, 3.05) is 116 Å². The molecule has 0 heterocycles. The first kappa shape index (κ1) is 128. The average molecular weight is 1330 g/mol. The number of hydrogen-bond donors (Lipinski definition) is 16. The Labute approximate surface area is 746 Å². The van der Waals surface area contributed by atoms with Crippen LogP contribution in [0.2, 0.25) is 0 Å². The molecular weight excluding hydrogens is 1280 g/mol. The summed E-state index contributed by atoms with van der Waals surface area (Å²) in [6.07, 6.45) is -8.70.